The zero-order valence-electron chi connectivity index (χ0n) is 12.0. The third-order valence-corrected chi connectivity index (χ3v) is 6.63. The van der Waals surface area contributed by atoms with Crippen molar-refractivity contribution >= 4 is 0 Å². The summed E-state index contributed by atoms with van der Waals surface area (Å²) in [5.41, 5.74) is 2.10. The van der Waals surface area contributed by atoms with Gasteiger partial charge in [-0.2, -0.15) is 0 Å². The number of hydrogen-bond acceptors (Lipinski definition) is 0. The first-order chi connectivity index (χ1) is 8.66. The highest BCUT2D eigenvalue weighted by Gasteiger charge is 2.51. The molecule has 5 unspecified atom stereocenters. The van der Waals surface area contributed by atoms with Crippen LogP contribution < -0.4 is 0 Å². The Morgan fingerprint density at radius 3 is 2.78 bits per heavy atom. The minimum Gasteiger partial charge on any atom is -0.102 e. The topological polar surface area (TPSA) is 0 Å². The Labute approximate surface area is 113 Å². The average Bonchev–Trinajstić information content (AvgIpc) is 2.37. The van der Waals surface area contributed by atoms with Gasteiger partial charge in [0.15, 0.2) is 0 Å². The molecular weight excluding hydrogens is 216 g/mol. The average molecular weight is 244 g/mol. The predicted octanol–water partition coefficient (Wildman–Crippen LogP) is 5.36. The molecule has 18 heavy (non-hydrogen) atoms. The monoisotopic (exact) mass is 244 g/mol. The minimum absolute atomic E-state index is 0.614. The van der Waals surface area contributed by atoms with Gasteiger partial charge in [0.25, 0.3) is 0 Å². The summed E-state index contributed by atoms with van der Waals surface area (Å²) in [5.74, 6) is 3.45. The molecule has 0 N–H and O–H groups in total. The maximum atomic E-state index is 4.31. The molecule has 3 aliphatic carbocycles. The van der Waals surface area contributed by atoms with Crippen LogP contribution in [-0.2, 0) is 0 Å². The van der Waals surface area contributed by atoms with Crippen LogP contribution in [0.3, 0.4) is 0 Å². The molecule has 0 spiro atoms. The van der Waals surface area contributed by atoms with Gasteiger partial charge in [-0.3, -0.25) is 0 Å². The van der Waals surface area contributed by atoms with Gasteiger partial charge < -0.3 is 0 Å². The van der Waals surface area contributed by atoms with E-state index in [1.165, 1.54) is 56.9 Å². The summed E-state index contributed by atoms with van der Waals surface area (Å²) in [6, 6.07) is 0. The Morgan fingerprint density at radius 1 is 1.17 bits per heavy atom. The van der Waals surface area contributed by atoms with E-state index >= 15 is 0 Å². The van der Waals surface area contributed by atoms with E-state index in [-0.39, 0.29) is 0 Å². The lowest BCUT2D eigenvalue weighted by molar-refractivity contribution is -0.0559. The van der Waals surface area contributed by atoms with Crippen molar-refractivity contribution in [3.05, 3.63) is 24.8 Å². The SMILES string of the molecule is C=CC1C(=C)CCC2C1CCC1CCCCC12C. The molecular formula is C18H28. The van der Waals surface area contributed by atoms with Crippen LogP contribution in [-0.4, -0.2) is 0 Å². The molecule has 5 atom stereocenters. The molecule has 0 aliphatic heterocycles. The summed E-state index contributed by atoms with van der Waals surface area (Å²) in [6.45, 7) is 11.0. The van der Waals surface area contributed by atoms with Crippen LogP contribution in [0, 0.1) is 29.1 Å². The summed E-state index contributed by atoms with van der Waals surface area (Å²) in [4.78, 5) is 0. The van der Waals surface area contributed by atoms with Crippen molar-refractivity contribution < 1.29 is 0 Å². The fourth-order valence-electron chi connectivity index (χ4n) is 5.60. The predicted molar refractivity (Wildman–Crippen MR) is 78.3 cm³/mol. The Bertz CT molecular complexity index is 353. The van der Waals surface area contributed by atoms with Gasteiger partial charge in [0.1, 0.15) is 0 Å². The second kappa shape index (κ2) is 4.54. The van der Waals surface area contributed by atoms with Gasteiger partial charge in [-0.05, 0) is 61.7 Å². The highest BCUT2D eigenvalue weighted by Crippen LogP contribution is 2.60. The van der Waals surface area contributed by atoms with Crippen LogP contribution in [0.2, 0.25) is 0 Å². The Balaban J connectivity index is 1.89. The zero-order chi connectivity index (χ0) is 12.8. The van der Waals surface area contributed by atoms with E-state index in [4.69, 9.17) is 0 Å². The highest BCUT2D eigenvalue weighted by atomic mass is 14.6. The summed E-state index contributed by atoms with van der Waals surface area (Å²) < 4.78 is 0. The smallest absolute Gasteiger partial charge is 0.000250 e. The molecule has 3 aliphatic rings. The standard InChI is InChI=1S/C18H28/c1-4-15-13(2)8-11-17-16(15)10-9-14-7-5-6-12-18(14,17)3/h4,14-17H,1-2,5-12H2,3H3. The van der Waals surface area contributed by atoms with Gasteiger partial charge >= 0.3 is 0 Å². The fourth-order valence-corrected chi connectivity index (χ4v) is 5.60. The molecule has 0 nitrogen and oxygen atoms in total. The molecule has 0 aromatic rings. The van der Waals surface area contributed by atoms with Gasteiger partial charge in [0.2, 0.25) is 0 Å². The van der Waals surface area contributed by atoms with E-state index in [9.17, 15) is 0 Å². The molecule has 0 aromatic carbocycles. The van der Waals surface area contributed by atoms with E-state index in [0.717, 1.165) is 17.8 Å². The molecule has 100 valence electrons. The van der Waals surface area contributed by atoms with Crippen molar-refractivity contribution in [2.75, 3.05) is 0 Å². The lowest BCUT2D eigenvalue weighted by Crippen LogP contribution is -2.48. The summed E-state index contributed by atoms with van der Waals surface area (Å²) in [5, 5.41) is 0. The van der Waals surface area contributed by atoms with Gasteiger partial charge in [-0.1, -0.05) is 38.0 Å². The van der Waals surface area contributed by atoms with Crippen LogP contribution in [0.25, 0.3) is 0 Å². The first-order valence-corrected chi connectivity index (χ1v) is 7.97. The molecule has 3 rings (SSSR count). The number of rotatable bonds is 1. The minimum atomic E-state index is 0.614. The lowest BCUT2D eigenvalue weighted by Gasteiger charge is -2.57. The first-order valence-electron chi connectivity index (χ1n) is 7.97. The molecule has 0 heterocycles. The quantitative estimate of drug-likeness (QED) is 0.545. The van der Waals surface area contributed by atoms with Crippen molar-refractivity contribution in [3.63, 3.8) is 0 Å². The summed E-state index contributed by atoms with van der Waals surface area (Å²) in [7, 11) is 0. The van der Waals surface area contributed by atoms with Gasteiger partial charge in [-0.25, -0.2) is 0 Å². The van der Waals surface area contributed by atoms with Crippen molar-refractivity contribution in [2.24, 2.45) is 29.1 Å². The van der Waals surface area contributed by atoms with Crippen molar-refractivity contribution in [1.29, 1.82) is 0 Å². The number of hydrogen-bond donors (Lipinski definition) is 0. The van der Waals surface area contributed by atoms with Gasteiger partial charge in [0, 0.05) is 5.92 Å². The second-order valence-corrected chi connectivity index (χ2v) is 7.25. The van der Waals surface area contributed by atoms with Gasteiger partial charge in [-0.15, -0.1) is 6.58 Å². The maximum absolute atomic E-state index is 4.31. The normalized spacial score (nSPS) is 48.2. The first kappa shape index (κ1) is 12.5. The van der Waals surface area contributed by atoms with Crippen LogP contribution in [0.15, 0.2) is 24.8 Å². The lowest BCUT2D eigenvalue weighted by atomic mass is 9.48. The number of allylic oxidation sites excluding steroid dienone is 2. The highest BCUT2D eigenvalue weighted by molar-refractivity contribution is 5.17. The summed E-state index contributed by atoms with van der Waals surface area (Å²) in [6.07, 6.45) is 13.7. The van der Waals surface area contributed by atoms with Gasteiger partial charge in [0.05, 0.1) is 0 Å². The van der Waals surface area contributed by atoms with Crippen LogP contribution in [0.1, 0.15) is 58.3 Å². The van der Waals surface area contributed by atoms with E-state index in [1.807, 2.05) is 0 Å². The van der Waals surface area contributed by atoms with Crippen molar-refractivity contribution in [2.45, 2.75) is 58.3 Å². The molecule has 0 amide bonds. The molecule has 0 aromatic heterocycles. The van der Waals surface area contributed by atoms with Crippen molar-refractivity contribution in [3.8, 4) is 0 Å². The van der Waals surface area contributed by atoms with Crippen LogP contribution >= 0.6 is 0 Å². The molecule has 0 saturated heterocycles. The van der Waals surface area contributed by atoms with E-state index in [2.05, 4.69) is 26.2 Å². The number of fused-ring (bicyclic) bond motifs is 3. The van der Waals surface area contributed by atoms with E-state index < -0.39 is 0 Å². The third-order valence-electron chi connectivity index (χ3n) is 6.63. The maximum Gasteiger partial charge on any atom is 0.000250 e. The molecule has 3 fully saturated rings. The van der Waals surface area contributed by atoms with E-state index in [0.29, 0.717) is 11.3 Å². The molecule has 0 bridgehead atoms. The summed E-state index contributed by atoms with van der Waals surface area (Å²) >= 11 is 0. The largest absolute Gasteiger partial charge is 0.102 e. The van der Waals surface area contributed by atoms with Crippen LogP contribution in [0.5, 0.6) is 0 Å². The fraction of sp³-hybridized carbons (Fsp3) is 0.778. The Hall–Kier alpha value is -0.520. The zero-order valence-corrected chi connectivity index (χ0v) is 12.0. The molecule has 3 saturated carbocycles. The Morgan fingerprint density at radius 2 is 2.00 bits per heavy atom. The van der Waals surface area contributed by atoms with Crippen LogP contribution in [0.4, 0.5) is 0 Å². The molecule has 0 radical (unpaired) electrons. The van der Waals surface area contributed by atoms with Crippen molar-refractivity contribution in [1.82, 2.24) is 0 Å². The van der Waals surface area contributed by atoms with E-state index in [1.54, 1.807) is 0 Å². The third kappa shape index (κ3) is 1.72. The Kier molecular flexibility index (Phi) is 3.16. The second-order valence-electron chi connectivity index (χ2n) is 7.25. The molecule has 0 heteroatoms.